The van der Waals surface area contributed by atoms with Gasteiger partial charge in [0.15, 0.2) is 5.43 Å². The summed E-state index contributed by atoms with van der Waals surface area (Å²) >= 11 is 6.14. The number of fused-ring (bicyclic) bond motifs is 2. The minimum absolute atomic E-state index is 0.0765. The summed E-state index contributed by atoms with van der Waals surface area (Å²) in [5.41, 5.74) is 2.16. The number of nitrogens with zero attached hydrogens (tertiary/aromatic N) is 1. The average molecular weight is 446 g/mol. The van der Waals surface area contributed by atoms with Gasteiger partial charge in [-0.05, 0) is 48.4 Å². The molecule has 0 fully saturated rings. The fraction of sp³-hybridized carbons (Fsp3) is 0.154. The van der Waals surface area contributed by atoms with E-state index in [1.807, 2.05) is 61.5 Å². The van der Waals surface area contributed by atoms with Gasteiger partial charge in [-0.2, -0.15) is 0 Å². The molecule has 0 saturated carbocycles. The number of halogens is 1. The molecule has 0 saturated heterocycles. The number of carbonyl (C=O) groups excluding carboxylic acids is 1. The van der Waals surface area contributed by atoms with E-state index in [-0.39, 0.29) is 17.1 Å². The highest BCUT2D eigenvalue weighted by Crippen LogP contribution is 2.40. The Labute approximate surface area is 189 Å². The molecule has 2 heterocycles. The van der Waals surface area contributed by atoms with E-state index in [0.717, 1.165) is 11.1 Å². The van der Waals surface area contributed by atoms with Gasteiger partial charge in [-0.3, -0.25) is 9.59 Å². The lowest BCUT2D eigenvalue weighted by molar-refractivity contribution is 0.0714. The predicted molar refractivity (Wildman–Crippen MR) is 123 cm³/mol. The van der Waals surface area contributed by atoms with Crippen LogP contribution in [0.4, 0.5) is 0 Å². The molecule has 0 bridgehead atoms. The Morgan fingerprint density at radius 2 is 1.81 bits per heavy atom. The van der Waals surface area contributed by atoms with Crippen LogP contribution in [-0.4, -0.2) is 17.4 Å². The summed E-state index contributed by atoms with van der Waals surface area (Å²) in [6.45, 7) is 2.76. The zero-order valence-corrected chi connectivity index (χ0v) is 18.1. The molecular formula is C26H20ClNO4. The maximum absolute atomic E-state index is 13.6. The summed E-state index contributed by atoms with van der Waals surface area (Å²) in [5, 5.41) is 0.793. The largest absolute Gasteiger partial charge is 0.494 e. The van der Waals surface area contributed by atoms with E-state index in [1.54, 1.807) is 23.1 Å². The van der Waals surface area contributed by atoms with Gasteiger partial charge in [0.2, 0.25) is 5.76 Å². The van der Waals surface area contributed by atoms with Crippen molar-refractivity contribution in [2.75, 3.05) is 6.61 Å². The van der Waals surface area contributed by atoms with Gasteiger partial charge in [0, 0.05) is 11.6 Å². The van der Waals surface area contributed by atoms with Crippen molar-refractivity contribution in [2.45, 2.75) is 19.5 Å². The molecule has 1 atom stereocenters. The van der Waals surface area contributed by atoms with Crippen LogP contribution in [0.1, 0.15) is 40.2 Å². The number of benzene rings is 3. The first-order valence-corrected chi connectivity index (χ1v) is 10.8. The standard InChI is InChI=1S/C26H20ClNO4/c1-2-31-19-10-6-9-17(13-19)23-22-24(29)20-14-18(27)11-12-21(20)32-25(22)26(30)28(23)15-16-7-4-3-5-8-16/h3-14,23H,2,15H2,1H3. The summed E-state index contributed by atoms with van der Waals surface area (Å²) in [5.74, 6) is 0.441. The third-order valence-corrected chi connectivity index (χ3v) is 5.84. The molecule has 5 nitrogen and oxygen atoms in total. The van der Waals surface area contributed by atoms with Crippen LogP contribution in [0.5, 0.6) is 5.75 Å². The Morgan fingerprint density at radius 1 is 1.00 bits per heavy atom. The van der Waals surface area contributed by atoms with Crippen molar-refractivity contribution in [3.8, 4) is 5.75 Å². The number of carbonyl (C=O) groups is 1. The maximum Gasteiger partial charge on any atom is 0.291 e. The monoisotopic (exact) mass is 445 g/mol. The van der Waals surface area contributed by atoms with Crippen LogP contribution in [-0.2, 0) is 6.54 Å². The number of amides is 1. The fourth-order valence-corrected chi connectivity index (χ4v) is 4.40. The van der Waals surface area contributed by atoms with Crippen molar-refractivity contribution >= 4 is 28.5 Å². The third-order valence-electron chi connectivity index (χ3n) is 5.61. The van der Waals surface area contributed by atoms with E-state index in [0.29, 0.717) is 40.5 Å². The summed E-state index contributed by atoms with van der Waals surface area (Å²) < 4.78 is 11.6. The minimum atomic E-state index is -0.599. The van der Waals surface area contributed by atoms with Crippen LogP contribution in [0.15, 0.2) is 82.0 Å². The molecule has 32 heavy (non-hydrogen) atoms. The highest BCUT2D eigenvalue weighted by Gasteiger charge is 2.42. The van der Waals surface area contributed by atoms with Crippen molar-refractivity contribution in [3.05, 3.63) is 110 Å². The highest BCUT2D eigenvalue weighted by molar-refractivity contribution is 6.31. The van der Waals surface area contributed by atoms with E-state index < -0.39 is 6.04 Å². The topological polar surface area (TPSA) is 59.8 Å². The quantitative estimate of drug-likeness (QED) is 0.401. The van der Waals surface area contributed by atoms with Crippen molar-refractivity contribution in [1.29, 1.82) is 0 Å². The van der Waals surface area contributed by atoms with Crippen molar-refractivity contribution in [3.63, 3.8) is 0 Å². The third kappa shape index (κ3) is 3.45. The first-order chi connectivity index (χ1) is 15.6. The van der Waals surface area contributed by atoms with E-state index in [4.69, 9.17) is 20.8 Å². The van der Waals surface area contributed by atoms with Crippen molar-refractivity contribution in [1.82, 2.24) is 4.90 Å². The molecular weight excluding hydrogens is 426 g/mol. The molecule has 0 N–H and O–H groups in total. The van der Waals surface area contributed by atoms with Crippen LogP contribution in [0.2, 0.25) is 5.02 Å². The normalized spacial score (nSPS) is 15.2. The van der Waals surface area contributed by atoms with Crippen LogP contribution in [0, 0.1) is 0 Å². The van der Waals surface area contributed by atoms with E-state index in [2.05, 4.69) is 0 Å². The van der Waals surface area contributed by atoms with Gasteiger partial charge in [0.25, 0.3) is 5.91 Å². The van der Waals surface area contributed by atoms with Crippen LogP contribution in [0.3, 0.4) is 0 Å². The van der Waals surface area contributed by atoms with Gasteiger partial charge >= 0.3 is 0 Å². The molecule has 160 valence electrons. The molecule has 5 rings (SSSR count). The summed E-state index contributed by atoms with van der Waals surface area (Å²) in [6, 6.07) is 21.4. The lowest BCUT2D eigenvalue weighted by Crippen LogP contribution is -2.29. The second-order valence-electron chi connectivity index (χ2n) is 7.64. The maximum atomic E-state index is 13.6. The fourth-order valence-electron chi connectivity index (χ4n) is 4.22. The van der Waals surface area contributed by atoms with Gasteiger partial charge in [0.1, 0.15) is 11.3 Å². The van der Waals surface area contributed by atoms with E-state index >= 15 is 0 Å². The molecule has 0 spiro atoms. The Hall–Kier alpha value is -3.57. The second kappa shape index (κ2) is 8.17. The molecule has 1 aliphatic heterocycles. The van der Waals surface area contributed by atoms with Gasteiger partial charge in [0.05, 0.1) is 23.6 Å². The summed E-state index contributed by atoms with van der Waals surface area (Å²) in [7, 11) is 0. The molecule has 1 aromatic heterocycles. The lowest BCUT2D eigenvalue weighted by atomic mass is 9.98. The number of hydrogen-bond acceptors (Lipinski definition) is 4. The second-order valence-corrected chi connectivity index (χ2v) is 8.08. The van der Waals surface area contributed by atoms with Crippen molar-refractivity contribution < 1.29 is 13.9 Å². The molecule has 1 aliphatic rings. The molecule has 1 unspecified atom stereocenters. The smallest absolute Gasteiger partial charge is 0.291 e. The Bertz CT molecular complexity index is 1380. The summed E-state index contributed by atoms with van der Waals surface area (Å²) in [6.07, 6.45) is 0. The van der Waals surface area contributed by atoms with Gasteiger partial charge in [-0.25, -0.2) is 0 Å². The van der Waals surface area contributed by atoms with Crippen LogP contribution < -0.4 is 10.2 Å². The average Bonchev–Trinajstić information content (AvgIpc) is 3.07. The Morgan fingerprint density at radius 3 is 2.59 bits per heavy atom. The van der Waals surface area contributed by atoms with E-state index in [9.17, 15) is 9.59 Å². The molecule has 4 aromatic rings. The number of ether oxygens (including phenoxy) is 1. The Balaban J connectivity index is 1.72. The first-order valence-electron chi connectivity index (χ1n) is 10.4. The predicted octanol–water partition coefficient (Wildman–Crippen LogP) is 5.59. The van der Waals surface area contributed by atoms with Gasteiger partial charge in [-0.15, -0.1) is 0 Å². The number of hydrogen-bond donors (Lipinski definition) is 0. The molecule has 6 heteroatoms. The molecule has 0 aliphatic carbocycles. The van der Waals surface area contributed by atoms with Crippen molar-refractivity contribution in [2.24, 2.45) is 0 Å². The Kier molecular flexibility index (Phi) is 5.19. The van der Waals surface area contributed by atoms with Gasteiger partial charge < -0.3 is 14.1 Å². The molecule has 3 aromatic carbocycles. The number of rotatable bonds is 5. The lowest BCUT2D eigenvalue weighted by Gasteiger charge is -2.25. The zero-order chi connectivity index (χ0) is 22.2. The van der Waals surface area contributed by atoms with Gasteiger partial charge in [-0.1, -0.05) is 54.1 Å². The minimum Gasteiger partial charge on any atom is -0.494 e. The van der Waals surface area contributed by atoms with Crippen LogP contribution in [0.25, 0.3) is 11.0 Å². The van der Waals surface area contributed by atoms with E-state index in [1.165, 1.54) is 0 Å². The SMILES string of the molecule is CCOc1cccc(C2c3c(oc4ccc(Cl)cc4c3=O)C(=O)N2Cc2ccccc2)c1. The van der Waals surface area contributed by atoms with Crippen LogP contribution >= 0.6 is 11.6 Å². The summed E-state index contributed by atoms with van der Waals surface area (Å²) in [4.78, 5) is 28.8. The molecule has 1 amide bonds. The zero-order valence-electron chi connectivity index (χ0n) is 17.4. The molecule has 0 radical (unpaired) electrons. The highest BCUT2D eigenvalue weighted by atomic mass is 35.5. The first kappa shape index (κ1) is 20.3.